The summed E-state index contributed by atoms with van der Waals surface area (Å²) in [6.07, 6.45) is 1.81. The third-order valence-corrected chi connectivity index (χ3v) is 5.70. The number of rotatable bonds is 7. The van der Waals surface area contributed by atoms with E-state index in [9.17, 15) is 0 Å². The highest BCUT2D eigenvalue weighted by Crippen LogP contribution is 2.25. The van der Waals surface area contributed by atoms with Crippen LogP contribution in [0.5, 0.6) is 5.75 Å². The Morgan fingerprint density at radius 1 is 0.806 bits per heavy atom. The first kappa shape index (κ1) is 19.4. The van der Waals surface area contributed by atoms with Crippen molar-refractivity contribution in [2.24, 2.45) is 0 Å². The van der Waals surface area contributed by atoms with E-state index in [-0.39, 0.29) is 0 Å². The molecule has 31 heavy (non-hydrogen) atoms. The van der Waals surface area contributed by atoms with Crippen LogP contribution in [0.15, 0.2) is 91.0 Å². The molecule has 0 bridgehead atoms. The number of imidazole rings is 1. The van der Waals surface area contributed by atoms with Crippen molar-refractivity contribution < 1.29 is 4.74 Å². The Morgan fingerprint density at radius 3 is 2.45 bits per heavy atom. The second kappa shape index (κ2) is 8.65. The molecule has 1 heterocycles. The molecule has 5 rings (SSSR count). The van der Waals surface area contributed by atoms with Crippen LogP contribution in [0.3, 0.4) is 0 Å². The van der Waals surface area contributed by atoms with E-state index in [0.717, 1.165) is 43.1 Å². The largest absolute Gasteiger partial charge is 0.494 e. The maximum absolute atomic E-state index is 5.74. The summed E-state index contributed by atoms with van der Waals surface area (Å²) in [5, 5.41) is 2.56. The van der Waals surface area contributed by atoms with Crippen LogP contribution in [0.4, 0.5) is 0 Å². The van der Waals surface area contributed by atoms with Crippen LogP contribution in [0, 0.1) is 0 Å². The van der Waals surface area contributed by atoms with Crippen molar-refractivity contribution in [2.75, 3.05) is 6.61 Å². The molecule has 1 aromatic heterocycles. The Balaban J connectivity index is 1.51. The minimum absolute atomic E-state index is 0.751. The third kappa shape index (κ3) is 4.04. The summed E-state index contributed by atoms with van der Waals surface area (Å²) in [4.78, 5) is 5.01. The molecule has 0 saturated heterocycles. The summed E-state index contributed by atoms with van der Waals surface area (Å²) in [7, 11) is 0. The standard InChI is InChI=1S/C28H26N2O/c1-2-18-31-24-16-14-21(15-17-24)20-30-27-13-6-5-12-26(27)29-28(30)19-23-10-7-9-22-8-3-4-11-25(22)23/h3-17H,2,18-20H2,1H3. The number of hydrogen-bond donors (Lipinski definition) is 0. The topological polar surface area (TPSA) is 27.1 Å². The van der Waals surface area contributed by atoms with Gasteiger partial charge in [0.1, 0.15) is 11.6 Å². The van der Waals surface area contributed by atoms with Gasteiger partial charge >= 0.3 is 0 Å². The molecule has 0 unspecified atom stereocenters. The zero-order valence-electron chi connectivity index (χ0n) is 17.8. The molecule has 0 N–H and O–H groups in total. The summed E-state index contributed by atoms with van der Waals surface area (Å²) < 4.78 is 8.09. The highest BCUT2D eigenvalue weighted by atomic mass is 16.5. The van der Waals surface area contributed by atoms with Crippen LogP contribution in [-0.2, 0) is 13.0 Å². The molecule has 0 atom stereocenters. The lowest BCUT2D eigenvalue weighted by Crippen LogP contribution is -2.06. The molecule has 0 amide bonds. The van der Waals surface area contributed by atoms with Gasteiger partial charge in [-0.15, -0.1) is 0 Å². The van der Waals surface area contributed by atoms with Gasteiger partial charge in [-0.2, -0.15) is 0 Å². The lowest BCUT2D eigenvalue weighted by Gasteiger charge is -2.12. The van der Waals surface area contributed by atoms with Gasteiger partial charge in [0, 0.05) is 13.0 Å². The molecule has 3 nitrogen and oxygen atoms in total. The maximum Gasteiger partial charge on any atom is 0.119 e. The summed E-state index contributed by atoms with van der Waals surface area (Å²) in [5.41, 5.74) is 4.76. The second-order valence-corrected chi connectivity index (χ2v) is 7.91. The van der Waals surface area contributed by atoms with Gasteiger partial charge in [0.05, 0.1) is 17.6 Å². The molecule has 154 valence electrons. The van der Waals surface area contributed by atoms with Gasteiger partial charge in [-0.25, -0.2) is 4.98 Å². The SMILES string of the molecule is CCCOc1ccc(Cn2c(Cc3cccc4ccccc34)nc3ccccc32)cc1. The fourth-order valence-corrected chi connectivity index (χ4v) is 4.15. The lowest BCUT2D eigenvalue weighted by molar-refractivity contribution is 0.317. The number of fused-ring (bicyclic) bond motifs is 2. The van der Waals surface area contributed by atoms with Crippen LogP contribution in [-0.4, -0.2) is 16.2 Å². The van der Waals surface area contributed by atoms with Crippen molar-refractivity contribution in [2.45, 2.75) is 26.3 Å². The van der Waals surface area contributed by atoms with Crippen LogP contribution >= 0.6 is 0 Å². The Hall–Kier alpha value is -3.59. The molecule has 0 aliphatic rings. The monoisotopic (exact) mass is 406 g/mol. The van der Waals surface area contributed by atoms with E-state index in [0.29, 0.717) is 0 Å². The van der Waals surface area contributed by atoms with Gasteiger partial charge < -0.3 is 9.30 Å². The van der Waals surface area contributed by atoms with Crippen LogP contribution in [0.1, 0.15) is 30.3 Å². The fraction of sp³-hybridized carbons (Fsp3) is 0.179. The number of ether oxygens (including phenoxy) is 1. The van der Waals surface area contributed by atoms with E-state index in [2.05, 4.69) is 102 Å². The van der Waals surface area contributed by atoms with Gasteiger partial charge in [-0.3, -0.25) is 0 Å². The van der Waals surface area contributed by atoms with Gasteiger partial charge in [0.15, 0.2) is 0 Å². The molecular weight excluding hydrogens is 380 g/mol. The molecule has 0 aliphatic heterocycles. The molecule has 0 saturated carbocycles. The van der Waals surface area contributed by atoms with Crippen LogP contribution in [0.2, 0.25) is 0 Å². The van der Waals surface area contributed by atoms with Gasteiger partial charge in [-0.1, -0.05) is 73.7 Å². The summed E-state index contributed by atoms with van der Waals surface area (Å²) in [5.74, 6) is 2.01. The van der Waals surface area contributed by atoms with Gasteiger partial charge in [0.25, 0.3) is 0 Å². The molecule has 0 fully saturated rings. The zero-order valence-corrected chi connectivity index (χ0v) is 17.8. The van der Waals surface area contributed by atoms with E-state index in [1.54, 1.807) is 0 Å². The third-order valence-electron chi connectivity index (χ3n) is 5.70. The molecule has 0 radical (unpaired) electrons. The molecule has 0 aliphatic carbocycles. The predicted molar refractivity (Wildman–Crippen MR) is 128 cm³/mol. The molecule has 3 heteroatoms. The number of benzene rings is 4. The summed E-state index contributed by atoms with van der Waals surface area (Å²) >= 11 is 0. The van der Waals surface area contributed by atoms with Gasteiger partial charge in [-0.05, 0) is 52.6 Å². The average Bonchev–Trinajstić information content (AvgIpc) is 3.16. The molecule has 5 aromatic rings. The fourth-order valence-electron chi connectivity index (χ4n) is 4.15. The summed E-state index contributed by atoms with van der Waals surface area (Å²) in [6.45, 7) is 3.66. The number of para-hydroxylation sites is 2. The average molecular weight is 407 g/mol. The number of aromatic nitrogens is 2. The lowest BCUT2D eigenvalue weighted by atomic mass is 10.0. The zero-order chi connectivity index (χ0) is 21.0. The van der Waals surface area contributed by atoms with E-state index >= 15 is 0 Å². The van der Waals surface area contributed by atoms with Crippen molar-refractivity contribution in [1.82, 2.24) is 9.55 Å². The molecular formula is C28H26N2O. The van der Waals surface area contributed by atoms with E-state index < -0.39 is 0 Å². The first-order valence-electron chi connectivity index (χ1n) is 10.9. The van der Waals surface area contributed by atoms with Crippen molar-refractivity contribution in [3.8, 4) is 5.75 Å². The van der Waals surface area contributed by atoms with Crippen molar-refractivity contribution in [1.29, 1.82) is 0 Å². The predicted octanol–water partition coefficient (Wildman–Crippen LogP) is 6.62. The minimum Gasteiger partial charge on any atom is -0.494 e. The van der Waals surface area contributed by atoms with Crippen molar-refractivity contribution in [3.05, 3.63) is 108 Å². The van der Waals surface area contributed by atoms with Gasteiger partial charge in [0.2, 0.25) is 0 Å². The Kier molecular flexibility index (Phi) is 5.40. The first-order valence-corrected chi connectivity index (χ1v) is 10.9. The Morgan fingerprint density at radius 2 is 1.58 bits per heavy atom. The number of nitrogens with zero attached hydrogens (tertiary/aromatic N) is 2. The highest BCUT2D eigenvalue weighted by molar-refractivity contribution is 5.86. The van der Waals surface area contributed by atoms with Crippen LogP contribution < -0.4 is 4.74 Å². The smallest absolute Gasteiger partial charge is 0.119 e. The second-order valence-electron chi connectivity index (χ2n) is 7.91. The Labute approximate surface area is 182 Å². The number of hydrogen-bond acceptors (Lipinski definition) is 2. The highest BCUT2D eigenvalue weighted by Gasteiger charge is 2.13. The minimum atomic E-state index is 0.751. The molecule has 4 aromatic carbocycles. The van der Waals surface area contributed by atoms with E-state index in [1.807, 2.05) is 0 Å². The maximum atomic E-state index is 5.74. The van der Waals surface area contributed by atoms with Crippen molar-refractivity contribution >= 4 is 21.8 Å². The van der Waals surface area contributed by atoms with E-state index in [4.69, 9.17) is 9.72 Å². The normalized spacial score (nSPS) is 11.3. The molecule has 0 spiro atoms. The Bertz CT molecular complexity index is 1310. The first-order chi connectivity index (χ1) is 15.3. The summed E-state index contributed by atoms with van der Waals surface area (Å²) in [6, 6.07) is 31.9. The quantitative estimate of drug-likeness (QED) is 0.304. The van der Waals surface area contributed by atoms with Crippen molar-refractivity contribution in [3.63, 3.8) is 0 Å². The van der Waals surface area contributed by atoms with E-state index in [1.165, 1.54) is 27.4 Å². The van der Waals surface area contributed by atoms with Crippen LogP contribution in [0.25, 0.3) is 21.8 Å².